The van der Waals surface area contributed by atoms with E-state index >= 15 is 0 Å². The van der Waals surface area contributed by atoms with Gasteiger partial charge in [0.05, 0.1) is 10.9 Å². The number of aromatic nitrogens is 2. The summed E-state index contributed by atoms with van der Waals surface area (Å²) in [5.74, 6) is 1.04. The molecule has 3 heterocycles. The number of nitrogens with one attached hydrogen (secondary N) is 1. The molecule has 0 spiro atoms. The second-order valence-corrected chi connectivity index (χ2v) is 6.29. The monoisotopic (exact) mass is 311 g/mol. The summed E-state index contributed by atoms with van der Waals surface area (Å²) in [4.78, 5) is 11.3. The number of rotatable bonds is 4. The van der Waals surface area contributed by atoms with E-state index in [1.807, 2.05) is 18.3 Å². The molecule has 23 heavy (non-hydrogen) atoms. The van der Waals surface area contributed by atoms with Crippen LogP contribution in [-0.2, 0) is 6.42 Å². The van der Waals surface area contributed by atoms with E-state index in [9.17, 15) is 5.11 Å². The number of nitrogens with zero attached hydrogens (tertiary/aromatic N) is 4. The Morgan fingerprint density at radius 3 is 2.87 bits per heavy atom. The molecule has 2 aliphatic heterocycles. The van der Waals surface area contributed by atoms with Crippen molar-refractivity contribution in [3.63, 3.8) is 0 Å². The van der Waals surface area contributed by atoms with Crippen LogP contribution in [0.3, 0.4) is 0 Å². The van der Waals surface area contributed by atoms with Gasteiger partial charge in [0, 0.05) is 31.6 Å². The summed E-state index contributed by atoms with van der Waals surface area (Å²) in [7, 11) is 0. The molecule has 0 aliphatic carbocycles. The molecule has 6 heteroatoms. The normalized spacial score (nSPS) is 21.1. The predicted molar refractivity (Wildman–Crippen MR) is 89.8 cm³/mol. The van der Waals surface area contributed by atoms with Gasteiger partial charge in [-0.3, -0.25) is 0 Å². The Kier molecular flexibility index (Phi) is 3.83. The topological polar surface area (TPSA) is 73.6 Å². The van der Waals surface area contributed by atoms with E-state index in [0.717, 1.165) is 36.4 Å². The first kappa shape index (κ1) is 14.4. The molecule has 2 aliphatic rings. The second-order valence-electron chi connectivity index (χ2n) is 6.29. The Morgan fingerprint density at radius 1 is 1.22 bits per heavy atom. The highest BCUT2D eigenvalue weighted by Gasteiger charge is 2.16. The summed E-state index contributed by atoms with van der Waals surface area (Å²) in [6, 6.07) is 6.00. The molecule has 1 aromatic heterocycles. The summed E-state index contributed by atoms with van der Waals surface area (Å²) in [6.07, 6.45) is 5.24. The first-order valence-corrected chi connectivity index (χ1v) is 8.27. The van der Waals surface area contributed by atoms with Crippen molar-refractivity contribution in [3.05, 3.63) is 29.6 Å². The third kappa shape index (κ3) is 2.99. The zero-order valence-electron chi connectivity index (χ0n) is 13.1. The van der Waals surface area contributed by atoms with Crippen molar-refractivity contribution < 1.29 is 5.11 Å². The number of fused-ring (bicyclic) bond motifs is 1. The van der Waals surface area contributed by atoms with Crippen molar-refractivity contribution in [2.24, 2.45) is 5.10 Å². The average molecular weight is 311 g/mol. The van der Waals surface area contributed by atoms with Crippen LogP contribution in [0, 0.1) is 0 Å². The molecule has 0 radical (unpaired) electrons. The van der Waals surface area contributed by atoms with E-state index in [2.05, 4.69) is 31.5 Å². The molecule has 1 saturated heterocycles. The lowest BCUT2D eigenvalue weighted by Crippen LogP contribution is -2.22. The number of hydrazone groups is 1. The minimum absolute atomic E-state index is 0.0798. The second kappa shape index (κ2) is 6.12. The number of hydrogen-bond donors (Lipinski definition) is 2. The van der Waals surface area contributed by atoms with Gasteiger partial charge in [0.15, 0.2) is 0 Å². The highest BCUT2D eigenvalue weighted by atomic mass is 16.3. The standard InChI is InChI=1S/C17H21N5O/c23-17-14-9-12(13-10-18-19-11-13)3-4-15(14)20-16(21-17)5-8-22-6-1-2-7-22/h3-4,9-10,13,19H,1-2,5-8,11H2,(H,20,21,23). The van der Waals surface area contributed by atoms with Crippen molar-refractivity contribution in [2.45, 2.75) is 25.2 Å². The zero-order valence-corrected chi connectivity index (χ0v) is 13.1. The van der Waals surface area contributed by atoms with Crippen LogP contribution in [0.1, 0.15) is 30.1 Å². The van der Waals surface area contributed by atoms with Crippen molar-refractivity contribution in [1.82, 2.24) is 20.3 Å². The summed E-state index contributed by atoms with van der Waals surface area (Å²) in [6.45, 7) is 4.09. The fraction of sp³-hybridized carbons (Fsp3) is 0.471. The van der Waals surface area contributed by atoms with Gasteiger partial charge in [-0.2, -0.15) is 10.1 Å². The number of benzene rings is 1. The minimum Gasteiger partial charge on any atom is -0.493 e. The lowest BCUT2D eigenvalue weighted by Gasteiger charge is -2.14. The average Bonchev–Trinajstić information content (AvgIpc) is 3.26. The molecular weight excluding hydrogens is 290 g/mol. The Balaban J connectivity index is 1.57. The molecule has 1 fully saturated rings. The van der Waals surface area contributed by atoms with Crippen molar-refractivity contribution in [2.75, 3.05) is 26.2 Å². The fourth-order valence-corrected chi connectivity index (χ4v) is 3.33. The molecule has 1 unspecified atom stereocenters. The highest BCUT2D eigenvalue weighted by molar-refractivity contribution is 5.85. The smallest absolute Gasteiger partial charge is 0.222 e. The highest BCUT2D eigenvalue weighted by Crippen LogP contribution is 2.26. The molecule has 0 bridgehead atoms. The molecular formula is C17H21N5O. The quantitative estimate of drug-likeness (QED) is 0.898. The molecule has 120 valence electrons. The summed E-state index contributed by atoms with van der Waals surface area (Å²) < 4.78 is 0. The van der Waals surface area contributed by atoms with Gasteiger partial charge in [0.2, 0.25) is 5.88 Å². The number of hydrogen-bond acceptors (Lipinski definition) is 6. The Bertz CT molecular complexity index is 739. The molecule has 4 rings (SSSR count). The molecule has 2 N–H and O–H groups in total. The van der Waals surface area contributed by atoms with E-state index in [4.69, 9.17) is 0 Å². The van der Waals surface area contributed by atoms with E-state index in [-0.39, 0.29) is 11.8 Å². The van der Waals surface area contributed by atoms with E-state index < -0.39 is 0 Å². The third-order valence-corrected chi connectivity index (χ3v) is 4.68. The number of likely N-dealkylation sites (tertiary alicyclic amines) is 1. The lowest BCUT2D eigenvalue weighted by atomic mass is 9.99. The van der Waals surface area contributed by atoms with Crippen LogP contribution in [0.2, 0.25) is 0 Å². The van der Waals surface area contributed by atoms with Crippen molar-refractivity contribution in [3.8, 4) is 5.88 Å². The van der Waals surface area contributed by atoms with Gasteiger partial charge in [-0.05, 0) is 43.6 Å². The van der Waals surface area contributed by atoms with Crippen LogP contribution in [0.4, 0.5) is 0 Å². The van der Waals surface area contributed by atoms with E-state index in [1.54, 1.807) is 0 Å². The van der Waals surface area contributed by atoms with E-state index in [1.165, 1.54) is 25.9 Å². The van der Waals surface area contributed by atoms with Crippen molar-refractivity contribution in [1.29, 1.82) is 0 Å². The predicted octanol–water partition coefficient (Wildman–Crippen LogP) is 1.65. The first-order chi connectivity index (χ1) is 11.3. The molecule has 6 nitrogen and oxygen atoms in total. The van der Waals surface area contributed by atoms with Gasteiger partial charge >= 0.3 is 0 Å². The SMILES string of the molecule is Oc1nc(CCN2CCCC2)nc2ccc(C3C=NNC3)cc12. The largest absolute Gasteiger partial charge is 0.493 e. The molecule has 0 amide bonds. The van der Waals surface area contributed by atoms with Crippen LogP contribution < -0.4 is 5.43 Å². The molecule has 0 saturated carbocycles. The van der Waals surface area contributed by atoms with Crippen molar-refractivity contribution >= 4 is 17.1 Å². The number of aromatic hydroxyl groups is 1. The van der Waals surface area contributed by atoms with Crippen LogP contribution in [0.25, 0.3) is 10.9 Å². The van der Waals surface area contributed by atoms with Crippen LogP contribution in [0.15, 0.2) is 23.3 Å². The van der Waals surface area contributed by atoms with E-state index in [0.29, 0.717) is 5.39 Å². The van der Waals surface area contributed by atoms with Gasteiger partial charge in [0.25, 0.3) is 0 Å². The van der Waals surface area contributed by atoms with Gasteiger partial charge in [-0.15, -0.1) is 0 Å². The Morgan fingerprint density at radius 2 is 2.09 bits per heavy atom. The third-order valence-electron chi connectivity index (χ3n) is 4.68. The molecule has 2 aromatic rings. The maximum absolute atomic E-state index is 10.3. The van der Waals surface area contributed by atoms with Crippen LogP contribution >= 0.6 is 0 Å². The van der Waals surface area contributed by atoms with Gasteiger partial charge < -0.3 is 15.4 Å². The minimum atomic E-state index is 0.0798. The summed E-state index contributed by atoms with van der Waals surface area (Å²) in [5.41, 5.74) is 4.88. The Labute approximate surface area is 135 Å². The van der Waals surface area contributed by atoms with Crippen LogP contribution in [-0.4, -0.2) is 52.4 Å². The molecule has 1 atom stereocenters. The lowest BCUT2D eigenvalue weighted by molar-refractivity contribution is 0.340. The van der Waals surface area contributed by atoms with Gasteiger partial charge in [0.1, 0.15) is 5.82 Å². The molecule has 1 aromatic carbocycles. The van der Waals surface area contributed by atoms with Gasteiger partial charge in [-0.1, -0.05) is 6.07 Å². The van der Waals surface area contributed by atoms with Gasteiger partial charge in [-0.25, -0.2) is 4.98 Å². The zero-order chi connectivity index (χ0) is 15.6. The maximum Gasteiger partial charge on any atom is 0.222 e. The Hall–Kier alpha value is -2.21. The summed E-state index contributed by atoms with van der Waals surface area (Å²) in [5, 5.41) is 15.1. The van der Waals surface area contributed by atoms with Crippen LogP contribution in [0.5, 0.6) is 5.88 Å². The summed E-state index contributed by atoms with van der Waals surface area (Å²) >= 11 is 0. The maximum atomic E-state index is 10.3. The first-order valence-electron chi connectivity index (χ1n) is 8.27. The fourth-order valence-electron chi connectivity index (χ4n) is 3.33.